The Balaban J connectivity index is 1.48. The van der Waals surface area contributed by atoms with Gasteiger partial charge in [0.15, 0.2) is 0 Å². The van der Waals surface area contributed by atoms with Crippen LogP contribution in [0, 0.1) is 11.9 Å². The van der Waals surface area contributed by atoms with Crippen LogP contribution in [0.2, 0.25) is 0 Å². The molecule has 4 aromatic rings. The van der Waals surface area contributed by atoms with Gasteiger partial charge in [-0.3, -0.25) is 5.10 Å². The number of hydrogen-bond acceptors (Lipinski definition) is 4. The number of aromatic nitrogens is 3. The number of pyridine rings is 1. The van der Waals surface area contributed by atoms with Crippen LogP contribution in [0.5, 0.6) is 0 Å². The molecule has 1 aliphatic carbocycles. The number of anilines is 1. The molecule has 0 spiro atoms. The standard InChI is InChI=1S/C29H27FN4O/c30-29-28-23-8-4-7-22(20-5-2-1-3-6-20)27(24(23)10-11-25(28)32-33-29)21-9-12-26(31-17-21)34-15-13-19(18-35)14-16-34/h1-3,5-6,9-12,17-19H,4,7-8,13-16H2,(H,32,33). The number of aryl methyl sites for hydroxylation is 1. The van der Waals surface area contributed by atoms with Gasteiger partial charge in [-0.15, -0.1) is 5.10 Å². The molecule has 2 aromatic heterocycles. The minimum atomic E-state index is -0.438. The van der Waals surface area contributed by atoms with Gasteiger partial charge in [-0.1, -0.05) is 36.4 Å². The van der Waals surface area contributed by atoms with E-state index in [1.165, 1.54) is 11.1 Å². The third-order valence-corrected chi connectivity index (χ3v) is 7.43. The number of hydrogen-bond donors (Lipinski definition) is 1. The van der Waals surface area contributed by atoms with Crippen molar-refractivity contribution in [2.24, 2.45) is 5.92 Å². The fourth-order valence-corrected chi connectivity index (χ4v) is 5.61. The largest absolute Gasteiger partial charge is 0.357 e. The Bertz CT molecular complexity index is 1400. The molecule has 0 unspecified atom stereocenters. The van der Waals surface area contributed by atoms with Gasteiger partial charge in [0.1, 0.15) is 12.1 Å². The first-order chi connectivity index (χ1) is 17.2. The van der Waals surface area contributed by atoms with E-state index in [-0.39, 0.29) is 5.92 Å². The van der Waals surface area contributed by atoms with Gasteiger partial charge >= 0.3 is 0 Å². The lowest BCUT2D eigenvalue weighted by Crippen LogP contribution is -2.34. The second kappa shape index (κ2) is 9.10. The molecule has 6 rings (SSSR count). The molecule has 0 bridgehead atoms. The van der Waals surface area contributed by atoms with E-state index < -0.39 is 5.95 Å². The monoisotopic (exact) mass is 466 g/mol. The first-order valence-corrected chi connectivity index (χ1v) is 12.3. The number of aromatic amines is 1. The summed E-state index contributed by atoms with van der Waals surface area (Å²) in [6, 6.07) is 18.7. The van der Waals surface area contributed by atoms with Crippen LogP contribution in [0.3, 0.4) is 0 Å². The minimum absolute atomic E-state index is 0.159. The number of H-pyrrole nitrogens is 1. The number of carbonyl (C=O) groups excluding carboxylic acids is 1. The van der Waals surface area contributed by atoms with E-state index >= 15 is 0 Å². The van der Waals surface area contributed by atoms with Crippen LogP contribution in [-0.4, -0.2) is 34.6 Å². The van der Waals surface area contributed by atoms with Gasteiger partial charge in [0.05, 0.1) is 10.9 Å². The summed E-state index contributed by atoms with van der Waals surface area (Å²) in [5.41, 5.74) is 7.38. The maximum Gasteiger partial charge on any atom is 0.240 e. The molecular weight excluding hydrogens is 439 g/mol. The van der Waals surface area contributed by atoms with Crippen molar-refractivity contribution in [3.63, 3.8) is 0 Å². The highest BCUT2D eigenvalue weighted by Crippen LogP contribution is 2.42. The molecule has 35 heavy (non-hydrogen) atoms. The lowest BCUT2D eigenvalue weighted by Gasteiger charge is -2.30. The molecule has 2 aliphatic rings. The number of allylic oxidation sites excluding steroid dienone is 1. The smallest absolute Gasteiger partial charge is 0.240 e. The van der Waals surface area contributed by atoms with Gasteiger partial charge < -0.3 is 9.69 Å². The Labute approximate surface area is 203 Å². The molecule has 1 fully saturated rings. The highest BCUT2D eigenvalue weighted by atomic mass is 19.1. The van der Waals surface area contributed by atoms with Crippen LogP contribution in [0.15, 0.2) is 60.8 Å². The van der Waals surface area contributed by atoms with Gasteiger partial charge in [-0.25, -0.2) is 4.98 Å². The zero-order valence-corrected chi connectivity index (χ0v) is 19.5. The van der Waals surface area contributed by atoms with E-state index in [2.05, 4.69) is 57.6 Å². The summed E-state index contributed by atoms with van der Waals surface area (Å²) < 4.78 is 14.7. The summed E-state index contributed by atoms with van der Waals surface area (Å²) in [6.07, 6.45) is 7.39. The van der Waals surface area contributed by atoms with Crippen molar-refractivity contribution < 1.29 is 9.18 Å². The molecule has 5 nitrogen and oxygen atoms in total. The number of benzene rings is 2. The molecule has 0 atom stereocenters. The van der Waals surface area contributed by atoms with E-state index in [4.69, 9.17) is 4.98 Å². The summed E-state index contributed by atoms with van der Waals surface area (Å²) in [4.78, 5) is 18.2. The van der Waals surface area contributed by atoms with Crippen LogP contribution in [0.4, 0.5) is 10.2 Å². The van der Waals surface area contributed by atoms with Gasteiger partial charge in [-0.05, 0) is 78.1 Å². The van der Waals surface area contributed by atoms with Crippen molar-refractivity contribution in [3.8, 4) is 0 Å². The number of halogens is 1. The molecule has 1 saturated heterocycles. The van der Waals surface area contributed by atoms with E-state index in [9.17, 15) is 9.18 Å². The number of carbonyl (C=O) groups is 1. The van der Waals surface area contributed by atoms with E-state index in [1.807, 2.05) is 18.3 Å². The van der Waals surface area contributed by atoms with Crippen molar-refractivity contribution in [1.82, 2.24) is 15.2 Å². The summed E-state index contributed by atoms with van der Waals surface area (Å²) in [6.45, 7) is 1.68. The molecule has 0 saturated carbocycles. The van der Waals surface area contributed by atoms with Crippen LogP contribution < -0.4 is 4.90 Å². The van der Waals surface area contributed by atoms with E-state index in [0.29, 0.717) is 5.39 Å². The fraction of sp³-hybridized carbons (Fsp3) is 0.276. The highest BCUT2D eigenvalue weighted by Gasteiger charge is 2.25. The SMILES string of the molecule is O=CC1CCN(c2ccc(C3=C(c4ccccc4)CCCc4c3ccc3[nH]nc(F)c43)cn2)CC1. The number of rotatable bonds is 4. The zero-order chi connectivity index (χ0) is 23.8. The van der Waals surface area contributed by atoms with Gasteiger partial charge in [0.2, 0.25) is 5.95 Å². The molecule has 3 heterocycles. The summed E-state index contributed by atoms with van der Waals surface area (Å²) >= 11 is 0. The van der Waals surface area contributed by atoms with Gasteiger partial charge in [0, 0.05) is 30.8 Å². The molecule has 0 radical (unpaired) electrons. The summed E-state index contributed by atoms with van der Waals surface area (Å²) in [5.74, 6) is 0.656. The minimum Gasteiger partial charge on any atom is -0.357 e. The molecule has 176 valence electrons. The number of nitrogens with zero attached hydrogens (tertiary/aromatic N) is 3. The topological polar surface area (TPSA) is 61.9 Å². The van der Waals surface area contributed by atoms with Crippen LogP contribution in [0.1, 0.15) is 47.9 Å². The maximum atomic E-state index is 14.7. The Hall–Kier alpha value is -3.80. The summed E-state index contributed by atoms with van der Waals surface area (Å²) in [7, 11) is 0. The Morgan fingerprint density at radius 1 is 0.971 bits per heavy atom. The predicted molar refractivity (Wildman–Crippen MR) is 137 cm³/mol. The first-order valence-electron chi connectivity index (χ1n) is 12.3. The number of aldehydes is 1. The zero-order valence-electron chi connectivity index (χ0n) is 19.5. The quantitative estimate of drug-likeness (QED) is 0.386. The van der Waals surface area contributed by atoms with Gasteiger partial charge in [-0.2, -0.15) is 4.39 Å². The average Bonchev–Trinajstić information content (AvgIpc) is 3.19. The van der Waals surface area contributed by atoms with Crippen molar-refractivity contribution in [3.05, 3.63) is 89.0 Å². The van der Waals surface area contributed by atoms with Crippen molar-refractivity contribution in [2.45, 2.75) is 32.1 Å². The lowest BCUT2D eigenvalue weighted by molar-refractivity contribution is -0.111. The van der Waals surface area contributed by atoms with Crippen molar-refractivity contribution in [1.29, 1.82) is 0 Å². The fourth-order valence-electron chi connectivity index (χ4n) is 5.61. The lowest BCUT2D eigenvalue weighted by atomic mass is 9.87. The first kappa shape index (κ1) is 21.7. The molecule has 1 N–H and O–H groups in total. The number of piperidine rings is 1. The normalized spacial score (nSPS) is 16.9. The second-order valence-electron chi connectivity index (χ2n) is 9.47. The van der Waals surface area contributed by atoms with E-state index in [1.54, 1.807) is 0 Å². The Kier molecular flexibility index (Phi) is 5.64. The highest BCUT2D eigenvalue weighted by molar-refractivity contribution is 6.02. The molecule has 6 heteroatoms. The van der Waals surface area contributed by atoms with E-state index in [0.717, 1.165) is 85.1 Å². The maximum absolute atomic E-state index is 14.7. The molecular formula is C29H27FN4O. The van der Waals surface area contributed by atoms with Crippen LogP contribution >= 0.6 is 0 Å². The second-order valence-corrected chi connectivity index (χ2v) is 9.47. The van der Waals surface area contributed by atoms with Gasteiger partial charge in [0.25, 0.3) is 0 Å². The van der Waals surface area contributed by atoms with Crippen LogP contribution in [-0.2, 0) is 11.2 Å². The summed E-state index contributed by atoms with van der Waals surface area (Å²) in [5, 5.41) is 7.26. The Morgan fingerprint density at radius 3 is 2.54 bits per heavy atom. The number of nitrogens with one attached hydrogen (secondary N) is 1. The average molecular weight is 467 g/mol. The molecule has 1 aliphatic heterocycles. The number of fused-ring (bicyclic) bond motifs is 3. The van der Waals surface area contributed by atoms with Crippen LogP contribution in [0.25, 0.3) is 22.0 Å². The predicted octanol–water partition coefficient (Wildman–Crippen LogP) is 5.81. The molecule has 0 amide bonds. The molecule has 2 aromatic carbocycles. The van der Waals surface area contributed by atoms with Crippen molar-refractivity contribution >= 4 is 34.2 Å². The van der Waals surface area contributed by atoms with Crippen molar-refractivity contribution in [2.75, 3.05) is 18.0 Å². The Morgan fingerprint density at radius 2 is 1.80 bits per heavy atom. The third kappa shape index (κ3) is 3.93. The third-order valence-electron chi connectivity index (χ3n) is 7.43.